The Balaban J connectivity index is 1.13. The van der Waals surface area contributed by atoms with Crippen molar-refractivity contribution in [2.75, 3.05) is 0 Å². The number of fused-ring (bicyclic) bond motifs is 9. The Morgan fingerprint density at radius 3 is 1.31 bits per heavy atom. The Kier molecular flexibility index (Phi) is 5.86. The Bertz CT molecular complexity index is 2960. The first kappa shape index (κ1) is 27.9. The molecule has 0 atom stereocenters. The fourth-order valence-electron chi connectivity index (χ4n) is 7.55. The summed E-state index contributed by atoms with van der Waals surface area (Å²) >= 11 is 0. The Hall–Kier alpha value is -7.05. The van der Waals surface area contributed by atoms with E-state index < -0.39 is 0 Å². The molecule has 0 aliphatic rings. The molecule has 0 unspecified atom stereocenters. The zero-order chi connectivity index (χ0) is 33.5. The first-order valence-corrected chi connectivity index (χ1v) is 16.9. The minimum Gasteiger partial charge on any atom is -0.455 e. The van der Waals surface area contributed by atoms with Crippen LogP contribution in [0, 0.1) is 0 Å². The summed E-state index contributed by atoms with van der Waals surface area (Å²) in [6.45, 7) is 0. The number of hydrogen-bond acceptors (Lipinski definition) is 5. The van der Waals surface area contributed by atoms with Crippen molar-refractivity contribution in [3.63, 3.8) is 0 Å². The van der Waals surface area contributed by atoms with E-state index in [4.69, 9.17) is 23.8 Å². The number of aromatic nitrogens is 4. The minimum atomic E-state index is 0.527. The van der Waals surface area contributed by atoms with Crippen molar-refractivity contribution in [1.82, 2.24) is 19.5 Å². The third-order valence-corrected chi connectivity index (χ3v) is 9.89. The highest BCUT2D eigenvalue weighted by molar-refractivity contribution is 6.11. The smallest absolute Gasteiger partial charge is 0.167 e. The lowest BCUT2D eigenvalue weighted by Crippen LogP contribution is -2.01. The topological polar surface area (TPSA) is 69.9 Å². The zero-order valence-electron chi connectivity index (χ0n) is 27.1. The fourth-order valence-corrected chi connectivity index (χ4v) is 7.55. The maximum absolute atomic E-state index is 6.44. The van der Waals surface area contributed by atoms with Gasteiger partial charge in [-0.3, -0.25) is 0 Å². The van der Waals surface area contributed by atoms with Crippen LogP contribution in [0.15, 0.2) is 167 Å². The summed E-state index contributed by atoms with van der Waals surface area (Å²) in [6, 6.07) is 53.9. The molecule has 0 saturated heterocycles. The maximum atomic E-state index is 6.44. The molecule has 11 aromatic rings. The third-order valence-electron chi connectivity index (χ3n) is 9.89. The summed E-state index contributed by atoms with van der Waals surface area (Å²) in [5.41, 5.74) is 8.98. The van der Waals surface area contributed by atoms with E-state index in [1.54, 1.807) is 0 Å². The van der Waals surface area contributed by atoms with Crippen LogP contribution < -0.4 is 0 Å². The van der Waals surface area contributed by atoms with Crippen LogP contribution in [-0.2, 0) is 0 Å². The van der Waals surface area contributed by atoms with Crippen molar-refractivity contribution < 1.29 is 8.83 Å². The number of hydrogen-bond donors (Lipinski definition) is 0. The van der Waals surface area contributed by atoms with E-state index in [9.17, 15) is 0 Å². The van der Waals surface area contributed by atoms with Gasteiger partial charge in [0.2, 0.25) is 0 Å². The van der Waals surface area contributed by atoms with E-state index in [1.165, 1.54) is 10.8 Å². The molecule has 0 aliphatic heterocycles. The molecule has 4 aromatic heterocycles. The van der Waals surface area contributed by atoms with Crippen LogP contribution in [0.3, 0.4) is 0 Å². The van der Waals surface area contributed by atoms with E-state index in [0.717, 1.165) is 77.3 Å². The van der Waals surface area contributed by atoms with Crippen molar-refractivity contribution in [2.24, 2.45) is 0 Å². The molecule has 11 rings (SSSR count). The molecule has 0 radical (unpaired) electrons. The van der Waals surface area contributed by atoms with Gasteiger partial charge in [-0.2, -0.15) is 0 Å². The molecular formula is C45H26N4O2. The molecule has 7 aromatic carbocycles. The maximum Gasteiger partial charge on any atom is 0.167 e. The molecule has 0 N–H and O–H groups in total. The molecule has 238 valence electrons. The van der Waals surface area contributed by atoms with E-state index >= 15 is 0 Å². The lowest BCUT2D eigenvalue weighted by molar-refractivity contribution is 0.669. The van der Waals surface area contributed by atoms with Gasteiger partial charge in [0.25, 0.3) is 0 Å². The second-order valence-electron chi connectivity index (χ2n) is 12.8. The van der Waals surface area contributed by atoms with Crippen molar-refractivity contribution in [3.05, 3.63) is 158 Å². The van der Waals surface area contributed by atoms with E-state index in [0.29, 0.717) is 17.5 Å². The summed E-state index contributed by atoms with van der Waals surface area (Å²) in [6.07, 6.45) is 0. The minimum absolute atomic E-state index is 0.527. The van der Waals surface area contributed by atoms with Gasteiger partial charge in [-0.15, -0.1) is 0 Å². The van der Waals surface area contributed by atoms with Gasteiger partial charge < -0.3 is 13.4 Å². The molecule has 51 heavy (non-hydrogen) atoms. The van der Waals surface area contributed by atoms with Crippen LogP contribution in [0.1, 0.15) is 0 Å². The molecule has 4 heterocycles. The van der Waals surface area contributed by atoms with Gasteiger partial charge in [0.1, 0.15) is 22.3 Å². The van der Waals surface area contributed by atoms with Gasteiger partial charge in [-0.1, -0.05) is 97.1 Å². The SMILES string of the molecule is c1ccc2c(c1)oc1c(-c3nc(-c4ccc(-n5c6ccccc6c6ccccc65)cc4)nc(-c4cccc5c4oc4ccccc45)n3)cccc12. The zero-order valence-corrected chi connectivity index (χ0v) is 27.1. The van der Waals surface area contributed by atoms with Crippen LogP contribution in [0.4, 0.5) is 0 Å². The number of nitrogens with zero attached hydrogens (tertiary/aromatic N) is 4. The van der Waals surface area contributed by atoms with Crippen molar-refractivity contribution >= 4 is 65.7 Å². The quantitative estimate of drug-likeness (QED) is 0.189. The molecule has 0 saturated carbocycles. The van der Waals surface area contributed by atoms with Gasteiger partial charge in [-0.25, -0.2) is 15.0 Å². The Labute approximate surface area is 290 Å². The Morgan fingerprint density at radius 1 is 0.353 bits per heavy atom. The van der Waals surface area contributed by atoms with Crippen LogP contribution >= 0.6 is 0 Å². The summed E-state index contributed by atoms with van der Waals surface area (Å²) in [4.78, 5) is 15.4. The third kappa shape index (κ3) is 4.20. The van der Waals surface area contributed by atoms with Gasteiger partial charge in [-0.05, 0) is 60.7 Å². The lowest BCUT2D eigenvalue weighted by atomic mass is 10.1. The van der Waals surface area contributed by atoms with E-state index in [-0.39, 0.29) is 0 Å². The number of para-hydroxylation sites is 6. The summed E-state index contributed by atoms with van der Waals surface area (Å²) in [5.74, 6) is 1.61. The molecule has 0 amide bonds. The van der Waals surface area contributed by atoms with E-state index in [1.807, 2.05) is 60.7 Å². The standard InChI is InChI=1S/C45H26N4O2/c1-5-19-37-29(11-1)30-12-2-6-20-38(30)49(37)28-25-23-27(24-26-28)43-46-44(35-17-9-15-33-31-13-3-7-21-39(31)50-41(33)35)48-45(47-43)36-18-10-16-34-32-14-4-8-22-40(32)51-42(34)36/h1-26H. The summed E-state index contributed by atoms with van der Waals surface area (Å²) in [7, 11) is 0. The molecule has 0 spiro atoms. The van der Waals surface area contributed by atoms with Crippen LogP contribution in [-0.4, -0.2) is 19.5 Å². The highest BCUT2D eigenvalue weighted by Crippen LogP contribution is 2.39. The van der Waals surface area contributed by atoms with Gasteiger partial charge in [0.15, 0.2) is 17.5 Å². The van der Waals surface area contributed by atoms with Gasteiger partial charge in [0.05, 0.1) is 22.2 Å². The van der Waals surface area contributed by atoms with Crippen LogP contribution in [0.2, 0.25) is 0 Å². The predicted octanol–water partition coefficient (Wildman–Crippen LogP) is 11.8. The van der Waals surface area contributed by atoms with E-state index in [2.05, 4.69) is 102 Å². The summed E-state index contributed by atoms with van der Waals surface area (Å²) in [5, 5.41) is 6.59. The van der Waals surface area contributed by atoms with Crippen molar-refractivity contribution in [1.29, 1.82) is 0 Å². The second-order valence-corrected chi connectivity index (χ2v) is 12.8. The highest BCUT2D eigenvalue weighted by atomic mass is 16.3. The number of furan rings is 2. The normalized spacial score (nSPS) is 11.9. The number of rotatable bonds is 4. The fraction of sp³-hybridized carbons (Fsp3) is 0. The van der Waals surface area contributed by atoms with Gasteiger partial charge in [0, 0.05) is 43.6 Å². The second kappa shape index (κ2) is 10.7. The van der Waals surface area contributed by atoms with Crippen molar-refractivity contribution in [2.45, 2.75) is 0 Å². The molecule has 0 aliphatic carbocycles. The highest BCUT2D eigenvalue weighted by Gasteiger charge is 2.20. The summed E-state index contributed by atoms with van der Waals surface area (Å²) < 4.78 is 15.2. The molecule has 0 fully saturated rings. The number of benzene rings is 7. The van der Waals surface area contributed by atoms with Crippen molar-refractivity contribution in [3.8, 4) is 39.9 Å². The first-order valence-electron chi connectivity index (χ1n) is 16.9. The average Bonchev–Trinajstić information content (AvgIpc) is 3.87. The Morgan fingerprint density at radius 2 is 0.784 bits per heavy atom. The molecule has 0 bridgehead atoms. The molecular weight excluding hydrogens is 629 g/mol. The molecule has 6 nitrogen and oxygen atoms in total. The van der Waals surface area contributed by atoms with Gasteiger partial charge >= 0.3 is 0 Å². The lowest BCUT2D eigenvalue weighted by Gasteiger charge is -2.11. The van der Waals surface area contributed by atoms with Crippen LogP contribution in [0.25, 0.3) is 106 Å². The largest absolute Gasteiger partial charge is 0.455 e. The predicted molar refractivity (Wildman–Crippen MR) is 205 cm³/mol. The molecule has 6 heteroatoms. The van der Waals surface area contributed by atoms with Crippen LogP contribution in [0.5, 0.6) is 0 Å². The first-order chi connectivity index (χ1) is 25.3. The monoisotopic (exact) mass is 654 g/mol. The average molecular weight is 655 g/mol.